The molecule has 1 aliphatic heterocycles. The van der Waals surface area contributed by atoms with Crippen LogP contribution in [0.5, 0.6) is 0 Å². The molecule has 1 aromatic heterocycles. The molecule has 1 saturated heterocycles. The zero-order valence-electron chi connectivity index (χ0n) is 17.4. The van der Waals surface area contributed by atoms with Crippen molar-refractivity contribution in [3.63, 3.8) is 0 Å². The van der Waals surface area contributed by atoms with E-state index < -0.39 is 14.4 Å². The van der Waals surface area contributed by atoms with Crippen molar-refractivity contribution in [2.75, 3.05) is 18.0 Å². The maximum atomic E-state index is 11.5. The molecule has 1 aliphatic rings. The summed E-state index contributed by atoms with van der Waals surface area (Å²) in [6.45, 7) is 14.3. The van der Waals surface area contributed by atoms with E-state index in [-0.39, 0.29) is 23.1 Å². The largest absolute Gasteiger partial charge is 0.465 e. The lowest BCUT2D eigenvalue weighted by Crippen LogP contribution is -2.62. The van der Waals surface area contributed by atoms with Gasteiger partial charge in [0.15, 0.2) is 8.32 Å². The van der Waals surface area contributed by atoms with Crippen LogP contribution in [0.15, 0.2) is 23.5 Å². The molecule has 0 bridgehead atoms. The summed E-state index contributed by atoms with van der Waals surface area (Å²) < 4.78 is 6.65. The molecule has 0 aliphatic carbocycles. The van der Waals surface area contributed by atoms with E-state index >= 15 is 0 Å². The molecule has 0 aromatic carbocycles. The van der Waals surface area contributed by atoms with Gasteiger partial charge in [-0.15, -0.1) is 0 Å². The standard InChI is InChI=1S/C19H30N4O3SSi/c1-13-10-23(16-7-8-20-9-14(16)21-12-27)11-15(22-18(24)25)17(13)26-28(5,6)19(2,3)4/h7-9,13,15,17,22H,10-11H2,1-6H3,(H,24,25)/t13-,15+,17-/m0/s1. The molecule has 1 amide bonds. The molecular weight excluding hydrogens is 392 g/mol. The first-order valence-corrected chi connectivity index (χ1v) is 12.7. The maximum absolute atomic E-state index is 11.5. The van der Waals surface area contributed by atoms with Crippen LogP contribution in [0, 0.1) is 5.92 Å². The second kappa shape index (κ2) is 8.69. The molecule has 0 saturated carbocycles. The first-order valence-electron chi connectivity index (χ1n) is 9.40. The van der Waals surface area contributed by atoms with Gasteiger partial charge in [-0.1, -0.05) is 27.7 Å². The Kier molecular flexibility index (Phi) is 6.98. The minimum atomic E-state index is -2.06. The van der Waals surface area contributed by atoms with Crippen molar-refractivity contribution in [2.24, 2.45) is 10.9 Å². The van der Waals surface area contributed by atoms with Crippen LogP contribution in [-0.4, -0.2) is 54.9 Å². The number of piperidine rings is 1. The molecule has 9 heteroatoms. The van der Waals surface area contributed by atoms with Crippen LogP contribution in [0.4, 0.5) is 16.2 Å². The van der Waals surface area contributed by atoms with Crippen LogP contribution in [0.25, 0.3) is 0 Å². The Morgan fingerprint density at radius 2 is 2.14 bits per heavy atom. The number of carbonyl (C=O) groups is 1. The lowest BCUT2D eigenvalue weighted by atomic mass is 9.92. The van der Waals surface area contributed by atoms with Gasteiger partial charge in [0.25, 0.3) is 0 Å². The molecule has 2 rings (SSSR count). The van der Waals surface area contributed by atoms with Crippen LogP contribution in [0.3, 0.4) is 0 Å². The number of hydrogen-bond donors (Lipinski definition) is 2. The highest BCUT2D eigenvalue weighted by Gasteiger charge is 2.45. The van der Waals surface area contributed by atoms with Crippen molar-refractivity contribution in [1.29, 1.82) is 0 Å². The number of aromatic nitrogens is 1. The smallest absolute Gasteiger partial charge is 0.405 e. The second-order valence-electron chi connectivity index (χ2n) is 8.85. The summed E-state index contributed by atoms with van der Waals surface area (Å²) in [6.07, 6.45) is 2.10. The molecule has 28 heavy (non-hydrogen) atoms. The Labute approximate surface area is 173 Å². The number of anilines is 1. The van der Waals surface area contributed by atoms with Crippen molar-refractivity contribution in [2.45, 2.75) is 58.0 Å². The number of thiocarbonyl (C=S) groups is 1. The Morgan fingerprint density at radius 1 is 1.46 bits per heavy atom. The number of nitrogens with one attached hydrogen (secondary N) is 1. The zero-order chi connectivity index (χ0) is 21.1. The quantitative estimate of drug-likeness (QED) is 0.418. The van der Waals surface area contributed by atoms with Gasteiger partial charge in [-0.2, -0.15) is 4.99 Å². The molecule has 0 radical (unpaired) electrons. The van der Waals surface area contributed by atoms with Gasteiger partial charge in [0.05, 0.1) is 29.2 Å². The van der Waals surface area contributed by atoms with Gasteiger partial charge >= 0.3 is 6.09 Å². The monoisotopic (exact) mass is 422 g/mol. The summed E-state index contributed by atoms with van der Waals surface area (Å²) >= 11 is 4.74. The highest BCUT2D eigenvalue weighted by molar-refractivity contribution is 7.78. The van der Waals surface area contributed by atoms with E-state index in [0.29, 0.717) is 12.2 Å². The number of hydrogen-bond acceptors (Lipinski definition) is 6. The third kappa shape index (κ3) is 5.17. The van der Waals surface area contributed by atoms with Crippen LogP contribution >= 0.6 is 12.2 Å². The van der Waals surface area contributed by atoms with E-state index in [1.165, 1.54) is 0 Å². The van der Waals surface area contributed by atoms with Crippen LogP contribution in [0.2, 0.25) is 18.1 Å². The minimum Gasteiger partial charge on any atom is -0.465 e. The molecule has 0 unspecified atom stereocenters. The second-order valence-corrected chi connectivity index (χ2v) is 13.8. The lowest BCUT2D eigenvalue weighted by molar-refractivity contribution is 0.0722. The molecule has 2 N–H and O–H groups in total. The predicted octanol–water partition coefficient (Wildman–Crippen LogP) is 4.30. The number of nitrogens with zero attached hydrogens (tertiary/aromatic N) is 3. The first-order chi connectivity index (χ1) is 13.0. The molecule has 1 fully saturated rings. The lowest BCUT2D eigenvalue weighted by Gasteiger charge is -2.48. The molecule has 0 spiro atoms. The van der Waals surface area contributed by atoms with E-state index in [1.807, 2.05) is 6.07 Å². The van der Waals surface area contributed by atoms with Crippen molar-refractivity contribution in [1.82, 2.24) is 10.3 Å². The van der Waals surface area contributed by atoms with Crippen LogP contribution < -0.4 is 10.2 Å². The van der Waals surface area contributed by atoms with Gasteiger partial charge in [-0.3, -0.25) is 4.98 Å². The first kappa shape index (κ1) is 22.5. The predicted molar refractivity (Wildman–Crippen MR) is 117 cm³/mol. The van der Waals surface area contributed by atoms with Gasteiger partial charge in [0, 0.05) is 25.2 Å². The Hall–Kier alpha value is -1.80. The molecular formula is C19H30N4O3SSi. The maximum Gasteiger partial charge on any atom is 0.405 e. The molecule has 7 nitrogen and oxygen atoms in total. The summed E-state index contributed by atoms with van der Waals surface area (Å²) in [4.78, 5) is 21.8. The van der Waals surface area contributed by atoms with Crippen molar-refractivity contribution >= 4 is 43.2 Å². The molecule has 154 valence electrons. The van der Waals surface area contributed by atoms with Gasteiger partial charge in [-0.25, -0.2) is 4.79 Å². The normalized spacial score (nSPS) is 23.1. The average Bonchev–Trinajstić information content (AvgIpc) is 2.57. The van der Waals surface area contributed by atoms with Crippen molar-refractivity contribution in [3.05, 3.63) is 18.5 Å². The Morgan fingerprint density at radius 3 is 2.71 bits per heavy atom. The van der Waals surface area contributed by atoms with Gasteiger partial charge < -0.3 is 19.7 Å². The van der Waals surface area contributed by atoms with Crippen molar-refractivity contribution < 1.29 is 14.3 Å². The van der Waals surface area contributed by atoms with E-state index in [4.69, 9.17) is 16.6 Å². The zero-order valence-corrected chi connectivity index (χ0v) is 19.2. The highest BCUT2D eigenvalue weighted by atomic mass is 32.1. The Balaban J connectivity index is 2.33. The van der Waals surface area contributed by atoms with E-state index in [0.717, 1.165) is 12.2 Å². The summed E-state index contributed by atoms with van der Waals surface area (Å²) in [5.74, 6) is 0.122. The average molecular weight is 423 g/mol. The number of aliphatic imine (C=N–C) groups is 1. The molecule has 3 atom stereocenters. The van der Waals surface area contributed by atoms with Crippen LogP contribution in [-0.2, 0) is 4.43 Å². The van der Waals surface area contributed by atoms with Crippen molar-refractivity contribution in [3.8, 4) is 0 Å². The topological polar surface area (TPSA) is 87.1 Å². The van der Waals surface area contributed by atoms with E-state index in [9.17, 15) is 9.90 Å². The number of isothiocyanates is 1. The summed E-state index contributed by atoms with van der Waals surface area (Å²) in [7, 11) is -2.06. The summed E-state index contributed by atoms with van der Waals surface area (Å²) in [5.41, 5.74) is 1.49. The van der Waals surface area contributed by atoms with Gasteiger partial charge in [0.2, 0.25) is 0 Å². The number of carboxylic acid groups (broad SMARTS) is 1. The fourth-order valence-corrected chi connectivity index (χ4v) is 4.77. The number of rotatable bonds is 5. The van der Waals surface area contributed by atoms with Gasteiger partial charge in [0.1, 0.15) is 5.69 Å². The van der Waals surface area contributed by atoms with E-state index in [1.54, 1.807) is 12.4 Å². The number of amides is 1. The fourth-order valence-electron chi connectivity index (χ4n) is 3.24. The minimum absolute atomic E-state index is 0.0455. The third-order valence-corrected chi connectivity index (χ3v) is 10.3. The fraction of sp³-hybridized carbons (Fsp3) is 0.632. The highest BCUT2D eigenvalue weighted by Crippen LogP contribution is 2.40. The van der Waals surface area contributed by atoms with E-state index in [2.05, 4.69) is 66.1 Å². The Bertz CT molecular complexity index is 762. The van der Waals surface area contributed by atoms with Gasteiger partial charge in [-0.05, 0) is 36.4 Å². The SMILES string of the molecule is C[C@H]1CN(c2ccncc2N=C=S)C[C@@H](NC(=O)O)[C@H]1O[Si](C)(C)C(C)(C)C. The molecule has 1 aromatic rings. The molecule has 2 heterocycles. The summed E-state index contributed by atoms with van der Waals surface area (Å²) in [5, 5.41) is 14.5. The summed E-state index contributed by atoms with van der Waals surface area (Å²) in [6, 6.07) is 1.51. The van der Waals surface area contributed by atoms with Crippen LogP contribution in [0.1, 0.15) is 27.7 Å². The number of pyridine rings is 1. The third-order valence-electron chi connectivity index (χ3n) is 5.71.